The Morgan fingerprint density at radius 3 is 2.54 bits per heavy atom. The molecule has 0 radical (unpaired) electrons. The molecule has 130 valence electrons. The van der Waals surface area contributed by atoms with Gasteiger partial charge >= 0.3 is 5.97 Å². The van der Waals surface area contributed by atoms with Gasteiger partial charge in [0, 0.05) is 23.9 Å². The van der Waals surface area contributed by atoms with Crippen molar-refractivity contribution in [1.82, 2.24) is 10.6 Å². The molecule has 0 saturated heterocycles. The summed E-state index contributed by atoms with van der Waals surface area (Å²) in [4.78, 5) is 45.3. The van der Waals surface area contributed by atoms with Gasteiger partial charge in [0.05, 0.1) is 12.5 Å². The van der Waals surface area contributed by atoms with Crippen LogP contribution in [0.25, 0.3) is 0 Å². The molecule has 1 rings (SSSR count). The molecule has 24 heavy (non-hydrogen) atoms. The van der Waals surface area contributed by atoms with Crippen molar-refractivity contribution in [3.8, 4) is 0 Å². The summed E-state index contributed by atoms with van der Waals surface area (Å²) in [6, 6.07) is 4.67. The van der Waals surface area contributed by atoms with Crippen LogP contribution in [0.4, 0.5) is 5.69 Å². The maximum absolute atomic E-state index is 12.0. The molecule has 0 unspecified atom stereocenters. The molecule has 0 saturated carbocycles. The van der Waals surface area contributed by atoms with Gasteiger partial charge in [-0.05, 0) is 12.1 Å². The molecule has 0 fully saturated rings. The van der Waals surface area contributed by atoms with Crippen LogP contribution in [0.5, 0.6) is 0 Å². The van der Waals surface area contributed by atoms with E-state index in [0.29, 0.717) is 17.7 Å². The topological polar surface area (TPSA) is 114 Å². The zero-order chi connectivity index (χ0) is 18.1. The lowest BCUT2D eigenvalue weighted by molar-refractivity contribution is -0.148. The minimum absolute atomic E-state index is 0.0410. The van der Waals surface area contributed by atoms with E-state index in [1.807, 2.05) is 0 Å². The van der Waals surface area contributed by atoms with E-state index in [9.17, 15) is 19.2 Å². The summed E-state index contributed by atoms with van der Waals surface area (Å²) in [7, 11) is 1.48. The Bertz CT molecular complexity index is 628. The third-order valence-electron chi connectivity index (χ3n) is 3.05. The zero-order valence-corrected chi connectivity index (χ0v) is 13.8. The lowest BCUT2D eigenvalue weighted by Crippen LogP contribution is -2.27. The van der Waals surface area contributed by atoms with Crippen molar-refractivity contribution in [1.29, 1.82) is 0 Å². The normalized spacial score (nSPS) is 10.0. The number of hydrogen-bond acceptors (Lipinski definition) is 5. The number of esters is 1. The van der Waals surface area contributed by atoms with Crippen molar-refractivity contribution in [2.24, 2.45) is 5.92 Å². The fourth-order valence-corrected chi connectivity index (χ4v) is 1.78. The number of rotatable bonds is 8. The van der Waals surface area contributed by atoms with Crippen LogP contribution in [0, 0.1) is 5.92 Å². The van der Waals surface area contributed by atoms with Crippen LogP contribution in [0.2, 0.25) is 0 Å². The predicted molar refractivity (Wildman–Crippen MR) is 87.2 cm³/mol. The molecule has 0 aliphatic carbocycles. The summed E-state index contributed by atoms with van der Waals surface area (Å²) in [6.07, 6.45) is 0.418. The van der Waals surface area contributed by atoms with Crippen LogP contribution >= 0.6 is 0 Å². The monoisotopic (exact) mass is 335 g/mol. The van der Waals surface area contributed by atoms with E-state index in [-0.39, 0.29) is 36.5 Å². The molecule has 0 aliphatic heterocycles. The van der Waals surface area contributed by atoms with Gasteiger partial charge in [0.25, 0.3) is 5.91 Å². The first-order chi connectivity index (χ1) is 11.4. The molecular weight excluding hydrogens is 314 g/mol. The number of carbonyl (C=O) groups is 4. The molecule has 0 heterocycles. The molecule has 1 aromatic rings. The number of ether oxygens (including phenoxy) is 1. The summed E-state index contributed by atoms with van der Waals surface area (Å²) < 4.78 is 5.14. The van der Waals surface area contributed by atoms with Crippen molar-refractivity contribution >= 4 is 29.9 Å². The second kappa shape index (κ2) is 9.29. The fourth-order valence-electron chi connectivity index (χ4n) is 1.78. The lowest BCUT2D eigenvalue weighted by Gasteiger charge is -2.13. The Balaban J connectivity index is 2.92. The van der Waals surface area contributed by atoms with Crippen LogP contribution < -0.4 is 16.0 Å². The van der Waals surface area contributed by atoms with Crippen LogP contribution in [0.3, 0.4) is 0 Å². The highest BCUT2D eigenvalue weighted by atomic mass is 16.5. The van der Waals surface area contributed by atoms with Gasteiger partial charge in [-0.3, -0.25) is 19.2 Å². The molecule has 0 spiro atoms. The molecular formula is C16H21N3O5. The SMILES string of the molecule is CNC(=O)c1cc(NC(=O)CNC=O)ccc1COC(=O)C(C)C. The second-order valence-corrected chi connectivity index (χ2v) is 5.26. The molecule has 0 aromatic heterocycles. The van der Waals surface area contributed by atoms with Crippen molar-refractivity contribution in [3.05, 3.63) is 29.3 Å². The third kappa shape index (κ3) is 5.71. The van der Waals surface area contributed by atoms with Gasteiger partial charge in [0.1, 0.15) is 6.61 Å². The van der Waals surface area contributed by atoms with Crippen molar-refractivity contribution in [2.75, 3.05) is 18.9 Å². The Labute approximate surface area is 139 Å². The molecule has 3 amide bonds. The van der Waals surface area contributed by atoms with E-state index < -0.39 is 5.91 Å². The van der Waals surface area contributed by atoms with Crippen LogP contribution in [0.1, 0.15) is 29.8 Å². The standard InChI is InChI=1S/C16H21N3O5/c1-10(2)16(23)24-8-11-4-5-12(6-13(11)15(22)17-3)19-14(21)7-18-9-20/h4-6,9-10H,7-8H2,1-3H3,(H,17,22)(H,18,20)(H,19,21). The number of nitrogens with one attached hydrogen (secondary N) is 3. The van der Waals surface area contributed by atoms with Gasteiger partial charge in [0.15, 0.2) is 0 Å². The average Bonchev–Trinajstić information content (AvgIpc) is 2.57. The number of benzene rings is 1. The Morgan fingerprint density at radius 2 is 1.96 bits per heavy atom. The van der Waals surface area contributed by atoms with Crippen molar-refractivity contribution in [2.45, 2.75) is 20.5 Å². The summed E-state index contributed by atoms with van der Waals surface area (Å²) in [5.74, 6) is -1.43. The van der Waals surface area contributed by atoms with E-state index in [4.69, 9.17) is 4.74 Å². The minimum atomic E-state index is -0.427. The van der Waals surface area contributed by atoms with Gasteiger partial charge in [-0.25, -0.2) is 0 Å². The molecule has 3 N–H and O–H groups in total. The smallest absolute Gasteiger partial charge is 0.308 e. The van der Waals surface area contributed by atoms with Crippen molar-refractivity contribution in [3.63, 3.8) is 0 Å². The first-order valence-corrected chi connectivity index (χ1v) is 7.37. The highest BCUT2D eigenvalue weighted by molar-refractivity contribution is 5.98. The van der Waals surface area contributed by atoms with E-state index in [2.05, 4.69) is 16.0 Å². The Hall–Kier alpha value is -2.90. The average molecular weight is 335 g/mol. The molecule has 1 aromatic carbocycles. The third-order valence-corrected chi connectivity index (χ3v) is 3.05. The van der Waals surface area contributed by atoms with Gasteiger partial charge in [0.2, 0.25) is 12.3 Å². The molecule has 8 nitrogen and oxygen atoms in total. The van der Waals surface area contributed by atoms with Gasteiger partial charge < -0.3 is 20.7 Å². The summed E-state index contributed by atoms with van der Waals surface area (Å²) in [5, 5.41) is 7.30. The quantitative estimate of drug-likeness (QED) is 0.471. The number of carbonyl (C=O) groups excluding carboxylic acids is 4. The maximum atomic E-state index is 12.0. The van der Waals surface area contributed by atoms with E-state index in [1.165, 1.54) is 13.1 Å². The van der Waals surface area contributed by atoms with Gasteiger partial charge in [-0.15, -0.1) is 0 Å². The second-order valence-electron chi connectivity index (χ2n) is 5.26. The summed E-state index contributed by atoms with van der Waals surface area (Å²) in [6.45, 7) is 3.22. The zero-order valence-electron chi connectivity index (χ0n) is 13.8. The minimum Gasteiger partial charge on any atom is -0.461 e. The lowest BCUT2D eigenvalue weighted by atomic mass is 10.1. The van der Waals surface area contributed by atoms with Crippen LogP contribution in [-0.2, 0) is 25.7 Å². The van der Waals surface area contributed by atoms with Crippen LogP contribution in [0.15, 0.2) is 18.2 Å². The van der Waals surface area contributed by atoms with E-state index in [1.54, 1.807) is 26.0 Å². The highest BCUT2D eigenvalue weighted by Gasteiger charge is 2.15. The molecule has 0 atom stereocenters. The first kappa shape index (κ1) is 19.1. The number of hydrogen-bond donors (Lipinski definition) is 3. The molecule has 8 heteroatoms. The van der Waals surface area contributed by atoms with Crippen LogP contribution in [-0.4, -0.2) is 37.8 Å². The van der Waals surface area contributed by atoms with Gasteiger partial charge in [-0.1, -0.05) is 19.9 Å². The van der Waals surface area contributed by atoms with E-state index in [0.717, 1.165) is 0 Å². The number of amides is 3. The van der Waals surface area contributed by atoms with Crippen molar-refractivity contribution < 1.29 is 23.9 Å². The Morgan fingerprint density at radius 1 is 1.25 bits per heavy atom. The van der Waals surface area contributed by atoms with E-state index >= 15 is 0 Å². The maximum Gasteiger partial charge on any atom is 0.308 e. The van der Waals surface area contributed by atoms with Gasteiger partial charge in [-0.2, -0.15) is 0 Å². The summed E-state index contributed by atoms with van der Waals surface area (Å²) >= 11 is 0. The fraction of sp³-hybridized carbons (Fsp3) is 0.375. The Kier molecular flexibility index (Phi) is 7.41. The number of anilines is 1. The first-order valence-electron chi connectivity index (χ1n) is 7.37. The molecule has 0 bridgehead atoms. The highest BCUT2D eigenvalue weighted by Crippen LogP contribution is 2.18. The largest absolute Gasteiger partial charge is 0.461 e. The summed E-state index contributed by atoms with van der Waals surface area (Å²) in [5.41, 5.74) is 1.20. The predicted octanol–water partition coefficient (Wildman–Crippen LogP) is 0.430. The molecule has 0 aliphatic rings.